The van der Waals surface area contributed by atoms with Gasteiger partial charge in [-0.1, -0.05) is 24.3 Å². The number of hydrogen-bond donors (Lipinski definition) is 1. The molecule has 1 N–H and O–H groups in total. The Labute approximate surface area is 142 Å². The third kappa shape index (κ3) is 3.05. The van der Waals surface area contributed by atoms with Crippen LogP contribution >= 0.6 is 0 Å². The fourth-order valence-electron chi connectivity index (χ4n) is 3.08. The highest BCUT2D eigenvalue weighted by Crippen LogP contribution is 2.41. The summed E-state index contributed by atoms with van der Waals surface area (Å²) < 4.78 is 41.3. The number of alkyl halides is 3. The molecule has 0 aromatic heterocycles. The van der Waals surface area contributed by atoms with Gasteiger partial charge in [-0.25, -0.2) is 5.01 Å². The average molecular weight is 347 g/mol. The Balaban J connectivity index is 2.11. The molecule has 4 nitrogen and oxygen atoms in total. The molecule has 2 aromatic rings. The van der Waals surface area contributed by atoms with Gasteiger partial charge in [0.05, 0.1) is 17.0 Å². The van der Waals surface area contributed by atoms with Gasteiger partial charge in [0.15, 0.2) is 0 Å². The molecule has 0 spiro atoms. The molecule has 7 heteroatoms. The molecule has 1 fully saturated rings. The Morgan fingerprint density at radius 1 is 1.28 bits per heavy atom. The van der Waals surface area contributed by atoms with Crippen molar-refractivity contribution in [3.8, 4) is 6.07 Å². The van der Waals surface area contributed by atoms with Crippen LogP contribution in [0.1, 0.15) is 31.0 Å². The van der Waals surface area contributed by atoms with E-state index in [0.29, 0.717) is 16.3 Å². The molecule has 1 aliphatic rings. The summed E-state index contributed by atoms with van der Waals surface area (Å²) >= 11 is 0. The van der Waals surface area contributed by atoms with Crippen LogP contribution in [0.25, 0.3) is 10.8 Å². The van der Waals surface area contributed by atoms with Crippen LogP contribution < -0.4 is 5.43 Å². The van der Waals surface area contributed by atoms with Crippen molar-refractivity contribution in [3.63, 3.8) is 0 Å². The molecule has 1 saturated heterocycles. The van der Waals surface area contributed by atoms with E-state index in [1.807, 2.05) is 6.07 Å². The zero-order chi connectivity index (χ0) is 18.4. The van der Waals surface area contributed by atoms with E-state index in [2.05, 4.69) is 5.43 Å². The average Bonchev–Trinajstić information content (AvgIpc) is 2.78. The highest BCUT2D eigenvalue weighted by Gasteiger charge is 2.51. The zero-order valence-electron chi connectivity index (χ0n) is 13.7. The van der Waals surface area contributed by atoms with Gasteiger partial charge in [0, 0.05) is 6.54 Å². The number of nitriles is 1. The Kier molecular flexibility index (Phi) is 3.96. The first-order valence-corrected chi connectivity index (χ1v) is 7.71. The first-order chi connectivity index (χ1) is 11.6. The number of nitrogens with zero attached hydrogens (tertiary/aromatic N) is 2. The lowest BCUT2D eigenvalue weighted by molar-refractivity contribution is -0.191. The second kappa shape index (κ2) is 5.74. The maximum atomic E-state index is 13.8. The van der Waals surface area contributed by atoms with Gasteiger partial charge in [-0.2, -0.15) is 18.4 Å². The molecular weight excluding hydrogens is 331 g/mol. The molecule has 1 amide bonds. The van der Waals surface area contributed by atoms with Crippen molar-refractivity contribution in [2.75, 3.05) is 6.54 Å². The maximum absolute atomic E-state index is 13.8. The van der Waals surface area contributed by atoms with Gasteiger partial charge in [0.2, 0.25) is 5.91 Å². The first-order valence-electron chi connectivity index (χ1n) is 7.71. The summed E-state index contributed by atoms with van der Waals surface area (Å²) in [6.07, 6.45) is -4.58. The lowest BCUT2D eigenvalue weighted by atomic mass is 9.93. The molecule has 25 heavy (non-hydrogen) atoms. The number of halogens is 3. The Morgan fingerprint density at radius 2 is 2.00 bits per heavy atom. The minimum absolute atomic E-state index is 0.0132. The number of hydrogen-bond acceptors (Lipinski definition) is 3. The van der Waals surface area contributed by atoms with Crippen LogP contribution in [-0.4, -0.2) is 23.6 Å². The van der Waals surface area contributed by atoms with Crippen LogP contribution in [0, 0.1) is 16.7 Å². The van der Waals surface area contributed by atoms with Crippen LogP contribution in [0.3, 0.4) is 0 Å². The van der Waals surface area contributed by atoms with E-state index in [9.17, 15) is 23.2 Å². The Bertz CT molecular complexity index is 883. The second-order valence-corrected chi connectivity index (χ2v) is 6.79. The Morgan fingerprint density at radius 3 is 2.56 bits per heavy atom. The molecule has 0 bridgehead atoms. The molecule has 1 unspecified atom stereocenters. The van der Waals surface area contributed by atoms with Crippen molar-refractivity contribution in [3.05, 3.63) is 47.5 Å². The monoisotopic (exact) mass is 347 g/mol. The molecule has 130 valence electrons. The van der Waals surface area contributed by atoms with E-state index < -0.39 is 23.5 Å². The predicted molar refractivity (Wildman–Crippen MR) is 86.1 cm³/mol. The van der Waals surface area contributed by atoms with Crippen molar-refractivity contribution >= 4 is 16.7 Å². The molecule has 1 atom stereocenters. The summed E-state index contributed by atoms with van der Waals surface area (Å²) in [5, 5.41) is 11.3. The molecule has 3 rings (SSSR count). The maximum Gasteiger partial charge on any atom is 0.409 e. The highest BCUT2D eigenvalue weighted by atomic mass is 19.4. The van der Waals surface area contributed by atoms with Crippen molar-refractivity contribution in [2.45, 2.75) is 26.1 Å². The largest absolute Gasteiger partial charge is 0.409 e. The summed E-state index contributed by atoms with van der Waals surface area (Å²) in [6, 6.07) is 9.34. The highest BCUT2D eigenvalue weighted by molar-refractivity contribution is 5.88. The summed E-state index contributed by atoms with van der Waals surface area (Å²) in [5.41, 5.74) is 1.73. The van der Waals surface area contributed by atoms with Crippen LogP contribution in [0.15, 0.2) is 36.4 Å². The van der Waals surface area contributed by atoms with Crippen LogP contribution in [0.4, 0.5) is 13.2 Å². The number of carbonyl (C=O) groups is 1. The van der Waals surface area contributed by atoms with Gasteiger partial charge in [-0.3, -0.25) is 10.2 Å². The van der Waals surface area contributed by atoms with E-state index in [4.69, 9.17) is 0 Å². The summed E-state index contributed by atoms with van der Waals surface area (Å²) in [4.78, 5) is 11.9. The zero-order valence-corrected chi connectivity index (χ0v) is 13.7. The number of benzene rings is 2. The summed E-state index contributed by atoms with van der Waals surface area (Å²) in [5.74, 6) is -0.444. The van der Waals surface area contributed by atoms with Gasteiger partial charge in [-0.15, -0.1) is 0 Å². The van der Waals surface area contributed by atoms with E-state index in [-0.39, 0.29) is 12.1 Å². The molecule has 0 aliphatic carbocycles. The van der Waals surface area contributed by atoms with Gasteiger partial charge >= 0.3 is 6.18 Å². The minimum atomic E-state index is -4.58. The van der Waals surface area contributed by atoms with E-state index >= 15 is 0 Å². The van der Waals surface area contributed by atoms with Gasteiger partial charge in [0.1, 0.15) is 6.04 Å². The predicted octanol–water partition coefficient (Wildman–Crippen LogP) is 3.69. The van der Waals surface area contributed by atoms with Crippen LogP contribution in [0.5, 0.6) is 0 Å². The number of nitrogens with one attached hydrogen (secondary N) is 1. The van der Waals surface area contributed by atoms with Crippen molar-refractivity contribution in [1.82, 2.24) is 10.4 Å². The van der Waals surface area contributed by atoms with E-state index in [0.717, 1.165) is 5.01 Å². The van der Waals surface area contributed by atoms with E-state index in [1.54, 1.807) is 38.1 Å². The summed E-state index contributed by atoms with van der Waals surface area (Å²) in [7, 11) is 0. The topological polar surface area (TPSA) is 56.1 Å². The quantitative estimate of drug-likeness (QED) is 0.901. The number of carbonyl (C=O) groups excluding carboxylic acids is 1. The number of amides is 1. The third-order valence-corrected chi connectivity index (χ3v) is 4.39. The van der Waals surface area contributed by atoms with Crippen LogP contribution in [-0.2, 0) is 4.79 Å². The molecule has 0 saturated carbocycles. The van der Waals surface area contributed by atoms with Gasteiger partial charge in [-0.05, 0) is 42.3 Å². The number of hydrazine groups is 1. The van der Waals surface area contributed by atoms with Gasteiger partial charge in [0.25, 0.3) is 0 Å². The van der Waals surface area contributed by atoms with Crippen molar-refractivity contribution < 1.29 is 18.0 Å². The standard InChI is InChI=1S/C18H16F3N3O/c1-17(2)10-24(23-16(17)25)15(18(19,20)21)12-7-6-11-4-3-5-13(9-22)14(11)8-12/h3-8,15H,10H2,1-2H3,(H,23,25). The summed E-state index contributed by atoms with van der Waals surface area (Å²) in [6.45, 7) is 3.14. The van der Waals surface area contributed by atoms with Crippen LogP contribution in [0.2, 0.25) is 0 Å². The normalized spacial score (nSPS) is 18.8. The first kappa shape index (κ1) is 17.2. The third-order valence-electron chi connectivity index (χ3n) is 4.39. The fraction of sp³-hybridized carbons (Fsp3) is 0.333. The molecule has 2 aromatic carbocycles. The smallest absolute Gasteiger partial charge is 0.287 e. The molecular formula is C18H16F3N3O. The second-order valence-electron chi connectivity index (χ2n) is 6.79. The lowest BCUT2D eigenvalue weighted by Gasteiger charge is -2.30. The van der Waals surface area contributed by atoms with Crippen molar-refractivity contribution in [2.24, 2.45) is 5.41 Å². The van der Waals surface area contributed by atoms with Gasteiger partial charge < -0.3 is 0 Å². The lowest BCUT2D eigenvalue weighted by Crippen LogP contribution is -2.43. The molecule has 1 aliphatic heterocycles. The number of rotatable bonds is 2. The minimum Gasteiger partial charge on any atom is -0.287 e. The SMILES string of the molecule is CC1(C)CN(C(c2ccc3cccc(C#N)c3c2)C(F)(F)F)NC1=O. The fourth-order valence-corrected chi connectivity index (χ4v) is 3.08. The molecule has 0 radical (unpaired) electrons. The Hall–Kier alpha value is -2.59. The molecule has 1 heterocycles. The van der Waals surface area contributed by atoms with E-state index in [1.165, 1.54) is 12.1 Å². The number of fused-ring (bicyclic) bond motifs is 1. The van der Waals surface area contributed by atoms with Crippen molar-refractivity contribution in [1.29, 1.82) is 5.26 Å².